The van der Waals surface area contributed by atoms with Crippen LogP contribution in [0.4, 0.5) is 0 Å². The van der Waals surface area contributed by atoms with Crippen molar-refractivity contribution < 1.29 is 4.74 Å². The molecule has 1 nitrogen and oxygen atoms in total. The summed E-state index contributed by atoms with van der Waals surface area (Å²) in [6.07, 6.45) is 21.8. The molecular weight excluding hydrogens is 256 g/mol. The normalized spacial score (nSPS) is 11.1. The molecule has 1 radical (unpaired) electrons. The summed E-state index contributed by atoms with van der Waals surface area (Å²) in [6, 6.07) is 0. The Morgan fingerprint density at radius 2 is 0.905 bits per heavy atom. The molecule has 1 heteroatoms. The van der Waals surface area contributed by atoms with Crippen LogP contribution in [0.3, 0.4) is 0 Å². The van der Waals surface area contributed by atoms with E-state index >= 15 is 0 Å². The highest BCUT2D eigenvalue weighted by atomic mass is 16.5. The van der Waals surface area contributed by atoms with Crippen molar-refractivity contribution in [3.8, 4) is 0 Å². The Morgan fingerprint density at radius 3 is 1.33 bits per heavy atom. The fourth-order valence-electron chi connectivity index (χ4n) is 2.70. The van der Waals surface area contributed by atoms with Gasteiger partial charge < -0.3 is 4.74 Å². The molecule has 0 aromatic carbocycles. The molecule has 0 aromatic heterocycles. The van der Waals surface area contributed by atoms with E-state index in [-0.39, 0.29) is 0 Å². The first-order chi connectivity index (χ1) is 10.4. The van der Waals surface area contributed by atoms with Crippen molar-refractivity contribution in [2.24, 2.45) is 0 Å². The number of hydrogen-bond acceptors (Lipinski definition) is 1. The molecule has 0 amide bonds. The van der Waals surface area contributed by atoms with Gasteiger partial charge in [0, 0.05) is 13.2 Å². The van der Waals surface area contributed by atoms with Crippen LogP contribution in [0.2, 0.25) is 0 Å². The van der Waals surface area contributed by atoms with Crippen LogP contribution < -0.4 is 0 Å². The van der Waals surface area contributed by atoms with Gasteiger partial charge in [0.05, 0.1) is 0 Å². The smallest absolute Gasteiger partial charge is 0.0466 e. The zero-order chi connectivity index (χ0) is 15.4. The second-order valence-corrected chi connectivity index (χ2v) is 6.42. The van der Waals surface area contributed by atoms with Crippen LogP contribution in [0.1, 0.15) is 110 Å². The zero-order valence-electron chi connectivity index (χ0n) is 14.8. The fraction of sp³-hybridized carbons (Fsp3) is 0.950. The Morgan fingerprint density at radius 1 is 0.524 bits per heavy atom. The van der Waals surface area contributed by atoms with Crippen molar-refractivity contribution in [1.29, 1.82) is 0 Å². The van der Waals surface area contributed by atoms with Gasteiger partial charge in [-0.3, -0.25) is 0 Å². The van der Waals surface area contributed by atoms with Crippen molar-refractivity contribution in [2.75, 3.05) is 13.2 Å². The van der Waals surface area contributed by atoms with Crippen LogP contribution >= 0.6 is 0 Å². The maximum Gasteiger partial charge on any atom is 0.0466 e. The zero-order valence-corrected chi connectivity index (χ0v) is 14.8. The fourth-order valence-corrected chi connectivity index (χ4v) is 2.70. The molecule has 0 fully saturated rings. The molecule has 0 saturated carbocycles. The molecule has 0 heterocycles. The molecule has 21 heavy (non-hydrogen) atoms. The lowest BCUT2D eigenvalue weighted by molar-refractivity contribution is 0.126. The minimum absolute atomic E-state index is 0.975. The molecule has 0 aliphatic heterocycles. The number of hydrogen-bond donors (Lipinski definition) is 0. The lowest BCUT2D eigenvalue weighted by Crippen LogP contribution is -1.96. The van der Waals surface area contributed by atoms with Gasteiger partial charge in [-0.25, -0.2) is 0 Å². The van der Waals surface area contributed by atoms with Gasteiger partial charge in [-0.15, -0.1) is 0 Å². The number of ether oxygens (including phenoxy) is 1. The monoisotopic (exact) mass is 297 g/mol. The highest BCUT2D eigenvalue weighted by molar-refractivity contribution is 4.49. The van der Waals surface area contributed by atoms with Crippen molar-refractivity contribution in [1.82, 2.24) is 0 Å². The first-order valence-electron chi connectivity index (χ1n) is 9.78. The summed E-state index contributed by atoms with van der Waals surface area (Å²) in [5, 5.41) is 0. The Balaban J connectivity index is 2.90. The van der Waals surface area contributed by atoms with Crippen molar-refractivity contribution in [2.45, 2.75) is 110 Å². The molecule has 0 aliphatic carbocycles. The molecule has 0 aromatic rings. The van der Waals surface area contributed by atoms with E-state index in [0.717, 1.165) is 19.6 Å². The van der Waals surface area contributed by atoms with Crippen molar-refractivity contribution >= 4 is 0 Å². The molecule has 0 spiro atoms. The van der Waals surface area contributed by atoms with Crippen LogP contribution in [0.5, 0.6) is 0 Å². The third-order valence-electron chi connectivity index (χ3n) is 4.18. The van der Waals surface area contributed by atoms with Gasteiger partial charge in [-0.05, 0) is 12.8 Å². The van der Waals surface area contributed by atoms with E-state index < -0.39 is 0 Å². The number of unbranched alkanes of at least 4 members (excludes halogenated alkanes) is 14. The summed E-state index contributed by atoms with van der Waals surface area (Å²) >= 11 is 0. The summed E-state index contributed by atoms with van der Waals surface area (Å²) in [6.45, 7) is 8.09. The molecule has 127 valence electrons. The first kappa shape index (κ1) is 21.0. The van der Waals surface area contributed by atoms with Crippen LogP contribution in [-0.4, -0.2) is 13.2 Å². The van der Waals surface area contributed by atoms with E-state index in [1.54, 1.807) is 0 Å². The van der Waals surface area contributed by atoms with Crippen LogP contribution in [-0.2, 0) is 4.74 Å². The van der Waals surface area contributed by atoms with E-state index in [0.29, 0.717) is 0 Å². The van der Waals surface area contributed by atoms with E-state index in [2.05, 4.69) is 13.8 Å². The summed E-state index contributed by atoms with van der Waals surface area (Å²) in [5.74, 6) is 0. The van der Waals surface area contributed by atoms with E-state index in [1.807, 2.05) is 0 Å². The highest BCUT2D eigenvalue weighted by Gasteiger charge is 1.94. The average molecular weight is 298 g/mol. The molecule has 0 rings (SSSR count). The Hall–Kier alpha value is -0.0400. The Bertz CT molecular complexity index is 149. The van der Waals surface area contributed by atoms with Crippen LogP contribution in [0, 0.1) is 6.92 Å². The highest BCUT2D eigenvalue weighted by Crippen LogP contribution is 2.12. The summed E-state index contributed by atoms with van der Waals surface area (Å²) in [4.78, 5) is 0. The molecule has 0 unspecified atom stereocenters. The summed E-state index contributed by atoms with van der Waals surface area (Å²) in [5.41, 5.74) is 0. The van der Waals surface area contributed by atoms with Gasteiger partial charge in [-0.1, -0.05) is 104 Å². The number of rotatable bonds is 18. The van der Waals surface area contributed by atoms with Gasteiger partial charge >= 0.3 is 0 Å². The van der Waals surface area contributed by atoms with Crippen LogP contribution in [0.25, 0.3) is 0 Å². The summed E-state index contributed by atoms with van der Waals surface area (Å²) in [7, 11) is 0. The SMILES string of the molecule is [CH2]CCCCCCCCCCCCCCOCCCCC. The molecular formula is C20H41O. The topological polar surface area (TPSA) is 9.23 Å². The van der Waals surface area contributed by atoms with E-state index in [4.69, 9.17) is 4.74 Å². The summed E-state index contributed by atoms with van der Waals surface area (Å²) < 4.78 is 5.63. The van der Waals surface area contributed by atoms with Crippen molar-refractivity contribution in [3.05, 3.63) is 6.92 Å². The van der Waals surface area contributed by atoms with E-state index in [1.165, 1.54) is 96.3 Å². The minimum atomic E-state index is 0.975. The molecule has 0 N–H and O–H groups in total. The van der Waals surface area contributed by atoms with Gasteiger partial charge in [0.15, 0.2) is 0 Å². The maximum absolute atomic E-state index is 5.63. The predicted octanol–water partition coefficient (Wildman–Crippen LogP) is 7.10. The molecule has 0 saturated heterocycles. The standard InChI is InChI=1S/C20H41O/c1-3-5-7-8-9-10-11-12-13-14-15-16-18-20-21-19-17-6-4-2/h1,3-20H2,2H3. The predicted molar refractivity (Wildman–Crippen MR) is 95.7 cm³/mol. The van der Waals surface area contributed by atoms with Crippen molar-refractivity contribution in [3.63, 3.8) is 0 Å². The van der Waals surface area contributed by atoms with Crippen LogP contribution in [0.15, 0.2) is 0 Å². The first-order valence-corrected chi connectivity index (χ1v) is 9.78. The lowest BCUT2D eigenvalue weighted by Gasteiger charge is -2.04. The largest absolute Gasteiger partial charge is 0.381 e. The van der Waals surface area contributed by atoms with Gasteiger partial charge in [0.25, 0.3) is 0 Å². The average Bonchev–Trinajstić information content (AvgIpc) is 2.50. The van der Waals surface area contributed by atoms with Gasteiger partial charge in [0.1, 0.15) is 0 Å². The van der Waals surface area contributed by atoms with E-state index in [9.17, 15) is 0 Å². The molecule has 0 atom stereocenters. The van der Waals surface area contributed by atoms with Gasteiger partial charge in [0.2, 0.25) is 0 Å². The Kier molecular flexibility index (Phi) is 19.9. The third-order valence-corrected chi connectivity index (χ3v) is 4.18. The lowest BCUT2D eigenvalue weighted by atomic mass is 10.0. The Labute approximate surface area is 135 Å². The maximum atomic E-state index is 5.63. The van der Waals surface area contributed by atoms with Gasteiger partial charge in [-0.2, -0.15) is 0 Å². The molecule has 0 aliphatic rings. The minimum Gasteiger partial charge on any atom is -0.381 e. The second-order valence-electron chi connectivity index (χ2n) is 6.42. The third kappa shape index (κ3) is 20.0. The second kappa shape index (κ2) is 20.0. The molecule has 0 bridgehead atoms. The quantitative estimate of drug-likeness (QED) is 0.245.